The van der Waals surface area contributed by atoms with Gasteiger partial charge in [0.25, 0.3) is 0 Å². The summed E-state index contributed by atoms with van der Waals surface area (Å²) in [4.78, 5) is 2.62. The van der Waals surface area contributed by atoms with Gasteiger partial charge in [-0.3, -0.25) is 4.90 Å². The second-order valence-electron chi connectivity index (χ2n) is 7.31. The minimum atomic E-state index is -0.168. The highest BCUT2D eigenvalue weighted by Crippen LogP contribution is 2.37. The lowest BCUT2D eigenvalue weighted by Gasteiger charge is -2.48. The van der Waals surface area contributed by atoms with Crippen molar-refractivity contribution >= 4 is 5.69 Å². The maximum atomic E-state index is 13.1. The molecule has 2 aliphatic rings. The molecule has 3 heteroatoms. The summed E-state index contributed by atoms with van der Waals surface area (Å²) in [6.45, 7) is 3.37. The summed E-state index contributed by atoms with van der Waals surface area (Å²) in [6, 6.07) is 18.1. The van der Waals surface area contributed by atoms with Crippen molar-refractivity contribution in [3.63, 3.8) is 0 Å². The highest BCUT2D eigenvalue weighted by molar-refractivity contribution is 5.44. The molecular weight excluding hydrogens is 299 g/mol. The van der Waals surface area contributed by atoms with Crippen molar-refractivity contribution in [2.24, 2.45) is 11.8 Å². The second kappa shape index (κ2) is 6.94. The third kappa shape index (κ3) is 3.46. The number of nitrogens with zero attached hydrogens (tertiary/aromatic N) is 1. The van der Waals surface area contributed by atoms with E-state index in [9.17, 15) is 4.39 Å². The number of halogens is 1. The van der Waals surface area contributed by atoms with Gasteiger partial charge < -0.3 is 5.32 Å². The van der Waals surface area contributed by atoms with Gasteiger partial charge >= 0.3 is 0 Å². The Morgan fingerprint density at radius 3 is 2.25 bits per heavy atom. The predicted octanol–water partition coefficient (Wildman–Crippen LogP) is 4.54. The van der Waals surface area contributed by atoms with E-state index in [4.69, 9.17) is 0 Å². The number of likely N-dealkylation sites (tertiary alicyclic amines) is 1. The van der Waals surface area contributed by atoms with Gasteiger partial charge in [0, 0.05) is 31.4 Å². The van der Waals surface area contributed by atoms with E-state index < -0.39 is 0 Å². The fourth-order valence-corrected chi connectivity index (χ4v) is 4.48. The monoisotopic (exact) mass is 324 g/mol. The van der Waals surface area contributed by atoms with Crippen LogP contribution < -0.4 is 5.32 Å². The first-order valence-corrected chi connectivity index (χ1v) is 9.06. The van der Waals surface area contributed by atoms with Crippen molar-refractivity contribution in [1.29, 1.82) is 0 Å². The minimum absolute atomic E-state index is 0.168. The van der Waals surface area contributed by atoms with Crippen molar-refractivity contribution in [3.8, 4) is 0 Å². The van der Waals surface area contributed by atoms with Crippen LogP contribution in [0, 0.1) is 17.7 Å². The van der Waals surface area contributed by atoms with Crippen LogP contribution in [0.4, 0.5) is 10.1 Å². The SMILES string of the molecule is Fc1ccc(NC2[C@H]3CCC[C@H]2CN(Cc2ccccc2)C3)cc1. The molecule has 0 amide bonds. The molecule has 4 rings (SSSR count). The summed E-state index contributed by atoms with van der Waals surface area (Å²) in [5.41, 5.74) is 2.45. The summed E-state index contributed by atoms with van der Waals surface area (Å²) in [6.07, 6.45) is 3.93. The van der Waals surface area contributed by atoms with Gasteiger partial charge in [-0.25, -0.2) is 4.39 Å². The number of benzene rings is 2. The lowest BCUT2D eigenvalue weighted by Crippen LogP contribution is -2.54. The van der Waals surface area contributed by atoms with Crippen LogP contribution in [0.15, 0.2) is 54.6 Å². The van der Waals surface area contributed by atoms with Gasteiger partial charge in [-0.15, -0.1) is 0 Å². The molecule has 1 heterocycles. The molecule has 2 atom stereocenters. The van der Waals surface area contributed by atoms with Crippen LogP contribution in [-0.2, 0) is 6.54 Å². The predicted molar refractivity (Wildman–Crippen MR) is 96.4 cm³/mol. The second-order valence-corrected chi connectivity index (χ2v) is 7.31. The Morgan fingerprint density at radius 1 is 0.917 bits per heavy atom. The first kappa shape index (κ1) is 15.6. The number of piperidine rings is 1. The Labute approximate surface area is 143 Å². The van der Waals surface area contributed by atoms with E-state index in [1.165, 1.54) is 24.8 Å². The maximum absolute atomic E-state index is 13.1. The van der Waals surface area contributed by atoms with Crippen LogP contribution in [0.5, 0.6) is 0 Å². The van der Waals surface area contributed by atoms with E-state index in [0.717, 1.165) is 25.3 Å². The molecule has 2 fully saturated rings. The quantitative estimate of drug-likeness (QED) is 0.888. The van der Waals surface area contributed by atoms with Gasteiger partial charge in [0.2, 0.25) is 0 Å². The fraction of sp³-hybridized carbons (Fsp3) is 0.429. The summed E-state index contributed by atoms with van der Waals surface area (Å²) < 4.78 is 13.1. The number of anilines is 1. The van der Waals surface area contributed by atoms with E-state index in [1.54, 1.807) is 12.1 Å². The van der Waals surface area contributed by atoms with Crippen LogP contribution in [0.1, 0.15) is 24.8 Å². The molecular formula is C21H25FN2. The number of hydrogen-bond donors (Lipinski definition) is 1. The zero-order valence-corrected chi connectivity index (χ0v) is 14.0. The van der Waals surface area contributed by atoms with E-state index in [1.807, 2.05) is 12.1 Å². The van der Waals surface area contributed by atoms with Gasteiger partial charge in [0.1, 0.15) is 5.82 Å². The van der Waals surface area contributed by atoms with Gasteiger partial charge in [-0.2, -0.15) is 0 Å². The molecule has 2 aromatic rings. The van der Waals surface area contributed by atoms with Crippen molar-refractivity contribution in [2.45, 2.75) is 31.8 Å². The van der Waals surface area contributed by atoms with Crippen LogP contribution in [0.2, 0.25) is 0 Å². The summed E-state index contributed by atoms with van der Waals surface area (Å²) in [5.74, 6) is 1.20. The summed E-state index contributed by atoms with van der Waals surface area (Å²) in [7, 11) is 0. The molecule has 1 aliphatic carbocycles. The molecule has 1 saturated heterocycles. The molecule has 2 aromatic carbocycles. The maximum Gasteiger partial charge on any atom is 0.123 e. The fourth-order valence-electron chi connectivity index (χ4n) is 4.48. The van der Waals surface area contributed by atoms with E-state index in [2.05, 4.69) is 40.5 Å². The average molecular weight is 324 g/mol. The van der Waals surface area contributed by atoms with E-state index >= 15 is 0 Å². The lowest BCUT2D eigenvalue weighted by atomic mass is 9.73. The zero-order valence-electron chi connectivity index (χ0n) is 14.0. The summed E-state index contributed by atoms with van der Waals surface area (Å²) in [5, 5.41) is 3.70. The molecule has 1 aliphatic heterocycles. The highest BCUT2D eigenvalue weighted by atomic mass is 19.1. The Kier molecular flexibility index (Phi) is 4.52. The number of rotatable bonds is 4. The Balaban J connectivity index is 1.44. The zero-order chi connectivity index (χ0) is 16.4. The Morgan fingerprint density at radius 2 is 1.58 bits per heavy atom. The van der Waals surface area contributed by atoms with Gasteiger partial charge in [-0.05, 0) is 54.5 Å². The minimum Gasteiger partial charge on any atom is -0.382 e. The highest BCUT2D eigenvalue weighted by Gasteiger charge is 2.39. The molecule has 0 radical (unpaired) electrons. The van der Waals surface area contributed by atoms with Crippen LogP contribution in [-0.4, -0.2) is 24.0 Å². The van der Waals surface area contributed by atoms with Crippen LogP contribution >= 0.6 is 0 Å². The molecule has 0 unspecified atom stereocenters. The smallest absolute Gasteiger partial charge is 0.123 e. The molecule has 0 aromatic heterocycles. The largest absolute Gasteiger partial charge is 0.382 e. The van der Waals surface area contributed by atoms with Crippen molar-refractivity contribution < 1.29 is 4.39 Å². The normalized spacial score (nSPS) is 27.0. The number of hydrogen-bond acceptors (Lipinski definition) is 2. The molecule has 2 nitrogen and oxygen atoms in total. The lowest BCUT2D eigenvalue weighted by molar-refractivity contribution is 0.0670. The third-order valence-corrected chi connectivity index (χ3v) is 5.58. The topological polar surface area (TPSA) is 15.3 Å². The first-order chi connectivity index (χ1) is 11.8. The standard InChI is InChI=1S/C21H25FN2/c22-19-9-11-20(12-10-19)23-21-17-7-4-8-18(21)15-24(14-17)13-16-5-2-1-3-6-16/h1-3,5-6,9-12,17-18,21,23H,4,7-8,13-15H2/t17-,18-/m0/s1. The molecule has 1 saturated carbocycles. The molecule has 24 heavy (non-hydrogen) atoms. The van der Waals surface area contributed by atoms with Gasteiger partial charge in [-0.1, -0.05) is 36.8 Å². The Hall–Kier alpha value is -1.87. The molecule has 126 valence electrons. The number of nitrogens with one attached hydrogen (secondary N) is 1. The van der Waals surface area contributed by atoms with Crippen LogP contribution in [0.25, 0.3) is 0 Å². The van der Waals surface area contributed by atoms with Crippen molar-refractivity contribution in [3.05, 3.63) is 66.0 Å². The van der Waals surface area contributed by atoms with Gasteiger partial charge in [0.15, 0.2) is 0 Å². The molecule has 2 bridgehead atoms. The molecule has 0 spiro atoms. The number of fused-ring (bicyclic) bond motifs is 2. The van der Waals surface area contributed by atoms with Crippen molar-refractivity contribution in [2.75, 3.05) is 18.4 Å². The third-order valence-electron chi connectivity index (χ3n) is 5.58. The van der Waals surface area contributed by atoms with E-state index in [-0.39, 0.29) is 5.82 Å². The Bertz CT molecular complexity index is 641. The van der Waals surface area contributed by atoms with Crippen molar-refractivity contribution in [1.82, 2.24) is 4.90 Å². The first-order valence-electron chi connectivity index (χ1n) is 9.06. The van der Waals surface area contributed by atoms with Gasteiger partial charge in [0.05, 0.1) is 0 Å². The summed E-state index contributed by atoms with van der Waals surface area (Å²) >= 11 is 0. The molecule has 1 N–H and O–H groups in total. The average Bonchev–Trinajstić information content (AvgIpc) is 2.58. The van der Waals surface area contributed by atoms with E-state index in [0.29, 0.717) is 17.9 Å². The van der Waals surface area contributed by atoms with Crippen LogP contribution in [0.3, 0.4) is 0 Å².